The van der Waals surface area contributed by atoms with Gasteiger partial charge in [-0.3, -0.25) is 0 Å². The highest BCUT2D eigenvalue weighted by Gasteiger charge is 2.03. The van der Waals surface area contributed by atoms with Crippen LogP contribution in [0.3, 0.4) is 0 Å². The van der Waals surface area contributed by atoms with Crippen LogP contribution in [0.2, 0.25) is 0 Å². The van der Waals surface area contributed by atoms with Gasteiger partial charge >= 0.3 is 0 Å². The molecule has 2 N–H and O–H groups in total. The summed E-state index contributed by atoms with van der Waals surface area (Å²) in [4.78, 5) is 4.08. The van der Waals surface area contributed by atoms with Gasteiger partial charge in [-0.1, -0.05) is 5.16 Å². The number of hydrogen-bond acceptors (Lipinski definition) is 4. The molecule has 0 aliphatic rings. The van der Waals surface area contributed by atoms with E-state index in [1.54, 1.807) is 0 Å². The highest BCUT2D eigenvalue weighted by Crippen LogP contribution is 2.00. The van der Waals surface area contributed by atoms with E-state index in [9.17, 15) is 0 Å². The molecule has 5 heteroatoms. The number of nitrogens with zero attached hydrogens (tertiary/aromatic N) is 3. The minimum absolute atomic E-state index is 0.315. The molecule has 0 fully saturated rings. The Morgan fingerprint density at radius 1 is 1.38 bits per heavy atom. The molecule has 0 spiro atoms. The largest absolute Gasteiger partial charge is 0.345 e. The monoisotopic (exact) mass is 178 g/mol. The average Bonchev–Trinajstić information content (AvgIpc) is 2.76. The third-order valence-corrected chi connectivity index (χ3v) is 1.68. The first-order valence-electron chi connectivity index (χ1n) is 4.01. The molecular formula is C8H10N4O. The SMILES string of the molecule is NCc1noc(Cn2cccc2)n1. The minimum Gasteiger partial charge on any atom is -0.345 e. The quantitative estimate of drug-likeness (QED) is 0.737. The topological polar surface area (TPSA) is 69.9 Å². The predicted molar refractivity (Wildman–Crippen MR) is 45.7 cm³/mol. The number of hydrogen-bond donors (Lipinski definition) is 1. The Balaban J connectivity index is 2.10. The van der Waals surface area contributed by atoms with Gasteiger partial charge in [-0.2, -0.15) is 4.98 Å². The number of aromatic nitrogens is 3. The highest BCUT2D eigenvalue weighted by atomic mass is 16.5. The van der Waals surface area contributed by atoms with Crippen molar-refractivity contribution in [1.82, 2.24) is 14.7 Å². The molecule has 2 aromatic heterocycles. The molecule has 0 saturated heterocycles. The van der Waals surface area contributed by atoms with Crippen LogP contribution in [-0.4, -0.2) is 14.7 Å². The molecule has 2 aromatic rings. The van der Waals surface area contributed by atoms with Crippen LogP contribution in [0.25, 0.3) is 0 Å². The Labute approximate surface area is 75.2 Å². The van der Waals surface area contributed by atoms with Gasteiger partial charge in [-0.25, -0.2) is 0 Å². The molecule has 0 aliphatic carbocycles. The second-order valence-corrected chi connectivity index (χ2v) is 2.66. The van der Waals surface area contributed by atoms with Crippen molar-refractivity contribution in [1.29, 1.82) is 0 Å². The van der Waals surface area contributed by atoms with Gasteiger partial charge in [0.1, 0.15) is 6.54 Å². The summed E-state index contributed by atoms with van der Waals surface area (Å²) in [5.74, 6) is 1.12. The molecule has 68 valence electrons. The zero-order chi connectivity index (χ0) is 9.10. The molecule has 0 saturated carbocycles. The van der Waals surface area contributed by atoms with Crippen LogP contribution < -0.4 is 5.73 Å². The second kappa shape index (κ2) is 3.40. The van der Waals surface area contributed by atoms with Crippen LogP contribution in [-0.2, 0) is 13.1 Å². The van der Waals surface area contributed by atoms with Crippen molar-refractivity contribution >= 4 is 0 Å². The zero-order valence-electron chi connectivity index (χ0n) is 7.05. The van der Waals surface area contributed by atoms with Crippen molar-refractivity contribution in [3.05, 3.63) is 36.2 Å². The highest BCUT2D eigenvalue weighted by molar-refractivity contribution is 4.94. The summed E-state index contributed by atoms with van der Waals surface area (Å²) in [6.45, 7) is 0.912. The Morgan fingerprint density at radius 3 is 2.77 bits per heavy atom. The third kappa shape index (κ3) is 1.75. The van der Waals surface area contributed by atoms with Crippen molar-refractivity contribution < 1.29 is 4.52 Å². The lowest BCUT2D eigenvalue weighted by molar-refractivity contribution is 0.366. The first-order chi connectivity index (χ1) is 6.38. The third-order valence-electron chi connectivity index (χ3n) is 1.68. The van der Waals surface area contributed by atoms with Crippen molar-refractivity contribution in [2.75, 3.05) is 0 Å². The number of nitrogens with two attached hydrogens (primary N) is 1. The van der Waals surface area contributed by atoms with Crippen molar-refractivity contribution in [2.24, 2.45) is 5.73 Å². The minimum atomic E-state index is 0.315. The molecule has 2 rings (SSSR count). The van der Waals surface area contributed by atoms with Gasteiger partial charge < -0.3 is 14.8 Å². The van der Waals surface area contributed by atoms with Crippen LogP contribution in [0, 0.1) is 0 Å². The fraction of sp³-hybridized carbons (Fsp3) is 0.250. The van der Waals surface area contributed by atoms with E-state index in [0.717, 1.165) is 0 Å². The maximum Gasteiger partial charge on any atom is 0.246 e. The summed E-state index contributed by atoms with van der Waals surface area (Å²) in [6.07, 6.45) is 3.87. The lowest BCUT2D eigenvalue weighted by Crippen LogP contribution is -2.00. The Hall–Kier alpha value is -1.62. The van der Waals surface area contributed by atoms with E-state index >= 15 is 0 Å². The Morgan fingerprint density at radius 2 is 2.15 bits per heavy atom. The molecule has 0 atom stereocenters. The number of rotatable bonds is 3. The lowest BCUT2D eigenvalue weighted by atomic mass is 10.6. The summed E-state index contributed by atoms with van der Waals surface area (Å²) in [5, 5.41) is 3.69. The van der Waals surface area contributed by atoms with Gasteiger partial charge in [-0.15, -0.1) is 0 Å². The lowest BCUT2D eigenvalue weighted by Gasteiger charge is -1.94. The van der Waals surface area contributed by atoms with Crippen LogP contribution in [0.4, 0.5) is 0 Å². The molecular weight excluding hydrogens is 168 g/mol. The van der Waals surface area contributed by atoms with E-state index in [-0.39, 0.29) is 0 Å². The van der Waals surface area contributed by atoms with Crippen LogP contribution in [0.1, 0.15) is 11.7 Å². The van der Waals surface area contributed by atoms with Crippen LogP contribution >= 0.6 is 0 Å². The maximum absolute atomic E-state index is 5.34. The summed E-state index contributed by atoms with van der Waals surface area (Å²) >= 11 is 0. The molecule has 2 heterocycles. The van der Waals surface area contributed by atoms with E-state index in [1.165, 1.54) is 0 Å². The van der Waals surface area contributed by atoms with Gasteiger partial charge in [0.15, 0.2) is 5.82 Å². The smallest absolute Gasteiger partial charge is 0.246 e. The van der Waals surface area contributed by atoms with Crippen molar-refractivity contribution in [3.63, 3.8) is 0 Å². The first kappa shape index (κ1) is 8.00. The fourth-order valence-electron chi connectivity index (χ4n) is 1.07. The van der Waals surface area contributed by atoms with E-state index in [1.807, 2.05) is 29.1 Å². The van der Waals surface area contributed by atoms with Gasteiger partial charge in [0, 0.05) is 12.4 Å². The van der Waals surface area contributed by atoms with Gasteiger partial charge in [0.2, 0.25) is 5.89 Å². The molecule has 5 nitrogen and oxygen atoms in total. The normalized spacial score (nSPS) is 10.5. The van der Waals surface area contributed by atoms with Gasteiger partial charge in [0.05, 0.1) is 6.54 Å². The van der Waals surface area contributed by atoms with E-state index in [4.69, 9.17) is 10.3 Å². The van der Waals surface area contributed by atoms with Crippen molar-refractivity contribution in [3.8, 4) is 0 Å². The Bertz CT molecular complexity index is 365. The predicted octanol–water partition coefficient (Wildman–Crippen LogP) is 0.378. The Kier molecular flexibility index (Phi) is 2.09. The summed E-state index contributed by atoms with van der Waals surface area (Å²) in [7, 11) is 0. The summed E-state index contributed by atoms with van der Waals surface area (Å²) in [6, 6.07) is 3.89. The summed E-state index contributed by atoms with van der Waals surface area (Å²) < 4.78 is 6.92. The van der Waals surface area contributed by atoms with E-state index in [0.29, 0.717) is 24.8 Å². The molecule has 0 unspecified atom stereocenters. The maximum atomic E-state index is 5.34. The fourth-order valence-corrected chi connectivity index (χ4v) is 1.07. The molecule has 0 amide bonds. The molecule has 0 aromatic carbocycles. The first-order valence-corrected chi connectivity index (χ1v) is 4.01. The molecule has 0 bridgehead atoms. The standard InChI is InChI=1S/C8H10N4O/c9-5-7-10-8(13-11-7)6-12-3-1-2-4-12/h1-4H,5-6,9H2. The van der Waals surface area contributed by atoms with Crippen LogP contribution in [0.5, 0.6) is 0 Å². The molecule has 0 aliphatic heterocycles. The van der Waals surface area contributed by atoms with E-state index in [2.05, 4.69) is 10.1 Å². The van der Waals surface area contributed by atoms with Crippen LogP contribution in [0.15, 0.2) is 29.0 Å². The molecule has 13 heavy (non-hydrogen) atoms. The van der Waals surface area contributed by atoms with Crippen molar-refractivity contribution in [2.45, 2.75) is 13.1 Å². The van der Waals surface area contributed by atoms with Gasteiger partial charge in [0.25, 0.3) is 0 Å². The molecule has 0 radical (unpaired) electrons. The summed E-state index contributed by atoms with van der Waals surface area (Å²) in [5.41, 5.74) is 5.34. The average molecular weight is 178 g/mol. The van der Waals surface area contributed by atoms with E-state index < -0.39 is 0 Å². The second-order valence-electron chi connectivity index (χ2n) is 2.66. The van der Waals surface area contributed by atoms with Gasteiger partial charge in [-0.05, 0) is 12.1 Å². The zero-order valence-corrected chi connectivity index (χ0v) is 7.05.